The van der Waals surface area contributed by atoms with Gasteiger partial charge in [0.05, 0.1) is 16.3 Å². The van der Waals surface area contributed by atoms with Gasteiger partial charge in [0.1, 0.15) is 0 Å². The van der Waals surface area contributed by atoms with Gasteiger partial charge in [0.15, 0.2) is 0 Å². The lowest BCUT2D eigenvalue weighted by atomic mass is 10.7. The molecule has 0 amide bonds. The van der Waals surface area contributed by atoms with Gasteiger partial charge in [-0.2, -0.15) is 4.33 Å². The molecule has 50 valence electrons. The fourth-order valence-corrected chi connectivity index (χ4v) is 1.44. The van der Waals surface area contributed by atoms with E-state index in [1.54, 1.807) is 0 Å². The molecule has 0 radical (unpaired) electrons. The molecular weight excluding hydrogens is 160 g/mol. The average Bonchev–Trinajstić information content (AvgIpc) is 2.34. The van der Waals surface area contributed by atoms with Gasteiger partial charge in [0.2, 0.25) is 0 Å². The van der Waals surface area contributed by atoms with Crippen molar-refractivity contribution in [1.29, 1.82) is 0 Å². The fourth-order valence-electron chi connectivity index (χ4n) is 0.358. The summed E-state index contributed by atoms with van der Waals surface area (Å²) in [5.74, 6) is 0. The third kappa shape index (κ3) is 2.33. The summed E-state index contributed by atoms with van der Waals surface area (Å²) in [5.41, 5.74) is 0. The van der Waals surface area contributed by atoms with Crippen molar-refractivity contribution in [3.05, 3.63) is 17.5 Å². The predicted molar refractivity (Wildman–Crippen MR) is 32.3 cm³/mol. The molecule has 1 aromatic heterocycles. The van der Waals surface area contributed by atoms with Gasteiger partial charge in [0, 0.05) is 0 Å². The third-order valence-corrected chi connectivity index (χ3v) is 2.22. The lowest BCUT2D eigenvalue weighted by molar-refractivity contribution is -0.777. The van der Waals surface area contributed by atoms with E-state index in [1.807, 2.05) is 17.5 Å². The number of thiophene rings is 1. The van der Waals surface area contributed by atoms with Gasteiger partial charge in [-0.25, -0.2) is 0 Å². The number of hydrogen-bond acceptors (Lipinski definition) is 5. The zero-order chi connectivity index (χ0) is 6.53. The van der Waals surface area contributed by atoms with Crippen molar-refractivity contribution in [3.63, 3.8) is 0 Å². The van der Waals surface area contributed by atoms with Crippen LogP contribution in [0.3, 0.4) is 0 Å². The molecule has 3 nitrogen and oxygen atoms in total. The quantitative estimate of drug-likeness (QED) is 0.378. The van der Waals surface area contributed by atoms with E-state index in [-0.39, 0.29) is 0 Å². The summed E-state index contributed by atoms with van der Waals surface area (Å²) in [4.78, 5) is 0. The maximum Gasteiger partial charge on any atom is 0.0907 e. The molecular formula is C4H3O3S2-. The van der Waals surface area contributed by atoms with Crippen LogP contribution < -0.4 is 5.26 Å². The highest BCUT2D eigenvalue weighted by Gasteiger charge is 1.91. The Balaban J connectivity index is 2.30. The SMILES string of the molecule is [O-]OOSc1cccs1. The Kier molecular flexibility index (Phi) is 3.02. The standard InChI is InChI=1S/C4H4O3S2/c5-6-7-9-4-2-1-3-8-4/h1-3,5H/p-1. The molecule has 0 unspecified atom stereocenters. The smallest absolute Gasteiger partial charge is 0.0907 e. The van der Waals surface area contributed by atoms with Crippen LogP contribution in [-0.2, 0) is 9.37 Å². The predicted octanol–water partition coefficient (Wildman–Crippen LogP) is 0.979. The first-order chi connectivity index (χ1) is 4.43. The Morgan fingerprint density at radius 2 is 2.56 bits per heavy atom. The van der Waals surface area contributed by atoms with Gasteiger partial charge in [0.25, 0.3) is 0 Å². The van der Waals surface area contributed by atoms with Crippen LogP contribution in [-0.4, -0.2) is 0 Å². The number of hydrogen-bond donors (Lipinski definition) is 0. The summed E-state index contributed by atoms with van der Waals surface area (Å²) in [6.07, 6.45) is 0. The van der Waals surface area contributed by atoms with Crippen LogP contribution in [0, 0.1) is 0 Å². The maximum atomic E-state index is 9.29. The van der Waals surface area contributed by atoms with Crippen molar-refractivity contribution in [2.75, 3.05) is 0 Å². The molecule has 1 rings (SSSR count). The molecule has 0 fully saturated rings. The molecule has 9 heavy (non-hydrogen) atoms. The Morgan fingerprint density at radius 1 is 1.67 bits per heavy atom. The molecule has 0 aliphatic heterocycles. The number of rotatable bonds is 3. The summed E-state index contributed by atoms with van der Waals surface area (Å²) in [6, 6.07) is 3.69. The van der Waals surface area contributed by atoms with Crippen LogP contribution in [0.5, 0.6) is 0 Å². The molecule has 0 bridgehead atoms. The Bertz CT molecular complexity index is 151. The summed E-state index contributed by atoms with van der Waals surface area (Å²) < 4.78 is 4.94. The van der Waals surface area contributed by atoms with Crippen molar-refractivity contribution in [3.8, 4) is 0 Å². The van der Waals surface area contributed by atoms with Gasteiger partial charge in [-0.05, 0) is 11.4 Å². The van der Waals surface area contributed by atoms with E-state index in [0.717, 1.165) is 16.3 Å². The van der Waals surface area contributed by atoms with Gasteiger partial charge in [-0.3, -0.25) is 5.04 Å². The molecule has 0 aliphatic carbocycles. The molecule has 0 atom stereocenters. The molecule has 0 spiro atoms. The van der Waals surface area contributed by atoms with E-state index in [2.05, 4.69) is 9.37 Å². The van der Waals surface area contributed by atoms with Crippen LogP contribution in [0.25, 0.3) is 0 Å². The summed E-state index contributed by atoms with van der Waals surface area (Å²) in [5, 5.41) is 14.3. The van der Waals surface area contributed by atoms with Gasteiger partial charge < -0.3 is 5.26 Å². The lowest BCUT2D eigenvalue weighted by Crippen LogP contribution is -2.00. The van der Waals surface area contributed by atoms with E-state index >= 15 is 0 Å². The molecule has 0 saturated heterocycles. The van der Waals surface area contributed by atoms with E-state index in [1.165, 1.54) is 11.3 Å². The summed E-state index contributed by atoms with van der Waals surface area (Å²) in [6.45, 7) is 0. The van der Waals surface area contributed by atoms with E-state index in [0.29, 0.717) is 0 Å². The Hall–Kier alpha value is -0.0700. The van der Waals surface area contributed by atoms with E-state index in [9.17, 15) is 5.26 Å². The second-order valence-electron chi connectivity index (χ2n) is 1.15. The van der Waals surface area contributed by atoms with Crippen LogP contribution in [0.2, 0.25) is 0 Å². The average molecular weight is 163 g/mol. The largest absolute Gasteiger partial charge is 0.691 e. The van der Waals surface area contributed by atoms with Crippen LogP contribution in [0.1, 0.15) is 0 Å². The maximum absolute atomic E-state index is 9.29. The minimum atomic E-state index is 0.894. The minimum absolute atomic E-state index is 0.894. The lowest BCUT2D eigenvalue weighted by Gasteiger charge is -1.99. The Labute approximate surface area is 60.3 Å². The highest BCUT2D eigenvalue weighted by molar-refractivity contribution is 7.96. The second-order valence-corrected chi connectivity index (χ2v) is 3.10. The van der Waals surface area contributed by atoms with Crippen molar-refractivity contribution < 1.29 is 14.6 Å². The van der Waals surface area contributed by atoms with Crippen molar-refractivity contribution in [1.82, 2.24) is 0 Å². The normalized spacial score (nSPS) is 9.89. The molecule has 0 aromatic carbocycles. The monoisotopic (exact) mass is 163 g/mol. The topological polar surface area (TPSA) is 41.5 Å². The van der Waals surface area contributed by atoms with Crippen molar-refractivity contribution >= 4 is 23.4 Å². The Morgan fingerprint density at radius 3 is 3.11 bits per heavy atom. The van der Waals surface area contributed by atoms with Gasteiger partial charge >= 0.3 is 0 Å². The molecule has 0 N–H and O–H groups in total. The van der Waals surface area contributed by atoms with Crippen LogP contribution in [0.15, 0.2) is 21.7 Å². The fraction of sp³-hybridized carbons (Fsp3) is 0. The first-order valence-electron chi connectivity index (χ1n) is 2.10. The van der Waals surface area contributed by atoms with E-state index < -0.39 is 0 Å². The van der Waals surface area contributed by atoms with Gasteiger partial charge in [-0.1, -0.05) is 6.07 Å². The zero-order valence-electron chi connectivity index (χ0n) is 4.27. The highest BCUT2D eigenvalue weighted by Crippen LogP contribution is 2.23. The summed E-state index contributed by atoms with van der Waals surface area (Å²) >= 11 is 2.39. The molecule has 1 aromatic rings. The molecule has 5 heteroatoms. The first-order valence-corrected chi connectivity index (χ1v) is 3.72. The minimum Gasteiger partial charge on any atom is -0.691 e. The van der Waals surface area contributed by atoms with Crippen molar-refractivity contribution in [2.24, 2.45) is 0 Å². The van der Waals surface area contributed by atoms with Crippen LogP contribution >= 0.6 is 23.4 Å². The first kappa shape index (κ1) is 7.04. The van der Waals surface area contributed by atoms with E-state index in [4.69, 9.17) is 0 Å². The highest BCUT2D eigenvalue weighted by atomic mass is 32.2. The van der Waals surface area contributed by atoms with Crippen molar-refractivity contribution in [2.45, 2.75) is 4.21 Å². The third-order valence-electron chi connectivity index (χ3n) is 0.639. The zero-order valence-corrected chi connectivity index (χ0v) is 5.91. The van der Waals surface area contributed by atoms with Gasteiger partial charge in [-0.15, -0.1) is 11.3 Å². The van der Waals surface area contributed by atoms with Crippen LogP contribution in [0.4, 0.5) is 0 Å². The molecule has 0 aliphatic rings. The summed E-state index contributed by atoms with van der Waals surface area (Å²) in [7, 11) is 0. The molecule has 0 saturated carbocycles. The second kappa shape index (κ2) is 3.86. The molecule has 1 heterocycles.